The van der Waals surface area contributed by atoms with Crippen molar-refractivity contribution in [3.8, 4) is 0 Å². The van der Waals surface area contributed by atoms with E-state index in [1.807, 2.05) is 12.3 Å². The predicted octanol–water partition coefficient (Wildman–Crippen LogP) is 3.82. The summed E-state index contributed by atoms with van der Waals surface area (Å²) < 4.78 is 0. The minimum absolute atomic E-state index is 0.336. The molecule has 0 amide bonds. The molecule has 0 N–H and O–H groups in total. The Hall–Kier alpha value is -1.37. The third-order valence-electron chi connectivity index (χ3n) is 2.40. The Balaban J connectivity index is 2.39. The van der Waals surface area contributed by atoms with Crippen LogP contribution in [0.3, 0.4) is 0 Å². The van der Waals surface area contributed by atoms with Crippen LogP contribution in [0.15, 0.2) is 36.5 Å². The summed E-state index contributed by atoms with van der Waals surface area (Å²) in [6.07, 6.45) is 2.95. The molecule has 1 nitrogen and oxygen atoms in total. The van der Waals surface area contributed by atoms with E-state index in [0.717, 1.165) is 11.9 Å². The van der Waals surface area contributed by atoms with E-state index in [1.54, 1.807) is 0 Å². The van der Waals surface area contributed by atoms with Crippen LogP contribution in [0, 0.1) is 5.41 Å². The van der Waals surface area contributed by atoms with Crippen molar-refractivity contribution in [2.75, 3.05) is 0 Å². The van der Waals surface area contributed by atoms with Crippen LogP contribution in [0.1, 0.15) is 26.3 Å². The molecule has 1 aromatic heterocycles. The van der Waals surface area contributed by atoms with Crippen molar-refractivity contribution in [3.05, 3.63) is 42.1 Å². The second-order valence-corrected chi connectivity index (χ2v) is 5.27. The topological polar surface area (TPSA) is 12.9 Å². The highest BCUT2D eigenvalue weighted by atomic mass is 14.6. The SMILES string of the molecule is CC(C)(C)Cc1ccc2cccnc2c1. The molecule has 1 heterocycles. The van der Waals surface area contributed by atoms with Gasteiger partial charge in [-0.25, -0.2) is 0 Å². The van der Waals surface area contributed by atoms with Crippen LogP contribution in [-0.2, 0) is 6.42 Å². The van der Waals surface area contributed by atoms with Crippen molar-refractivity contribution in [1.29, 1.82) is 0 Å². The van der Waals surface area contributed by atoms with Crippen LogP contribution in [0.4, 0.5) is 0 Å². The van der Waals surface area contributed by atoms with Crippen LogP contribution in [0.5, 0.6) is 0 Å². The van der Waals surface area contributed by atoms with E-state index in [1.165, 1.54) is 10.9 Å². The second kappa shape index (κ2) is 3.65. The standard InChI is InChI=1S/C14H17N/c1-14(2,3)10-11-6-7-12-5-4-8-15-13(12)9-11/h4-9H,10H2,1-3H3. The Morgan fingerprint density at radius 2 is 1.93 bits per heavy atom. The van der Waals surface area contributed by atoms with Gasteiger partial charge in [-0.3, -0.25) is 4.98 Å². The van der Waals surface area contributed by atoms with Gasteiger partial charge >= 0.3 is 0 Å². The molecule has 0 aliphatic carbocycles. The summed E-state index contributed by atoms with van der Waals surface area (Å²) >= 11 is 0. The van der Waals surface area contributed by atoms with Gasteiger partial charge in [-0.2, -0.15) is 0 Å². The Morgan fingerprint density at radius 1 is 1.13 bits per heavy atom. The molecule has 1 heteroatoms. The number of hydrogen-bond donors (Lipinski definition) is 0. The summed E-state index contributed by atoms with van der Waals surface area (Å²) in [6.45, 7) is 6.78. The predicted molar refractivity (Wildman–Crippen MR) is 64.9 cm³/mol. The van der Waals surface area contributed by atoms with E-state index in [4.69, 9.17) is 0 Å². The molecule has 1 aromatic carbocycles. The lowest BCUT2D eigenvalue weighted by molar-refractivity contribution is 0.411. The van der Waals surface area contributed by atoms with Gasteiger partial charge in [0.1, 0.15) is 0 Å². The lowest BCUT2D eigenvalue weighted by atomic mass is 9.88. The first-order valence-corrected chi connectivity index (χ1v) is 5.38. The number of fused-ring (bicyclic) bond motifs is 1. The third-order valence-corrected chi connectivity index (χ3v) is 2.40. The Labute approximate surface area is 91.2 Å². The summed E-state index contributed by atoms with van der Waals surface area (Å²) in [5.41, 5.74) is 2.80. The molecule has 0 radical (unpaired) electrons. The monoisotopic (exact) mass is 199 g/mol. The van der Waals surface area contributed by atoms with Gasteiger partial charge in [0.05, 0.1) is 5.52 Å². The first-order chi connectivity index (χ1) is 7.04. The number of pyridine rings is 1. The van der Waals surface area contributed by atoms with E-state index >= 15 is 0 Å². The first-order valence-electron chi connectivity index (χ1n) is 5.38. The summed E-state index contributed by atoms with van der Waals surface area (Å²) in [5, 5.41) is 1.22. The highest BCUT2D eigenvalue weighted by Crippen LogP contribution is 2.22. The Bertz CT molecular complexity index is 466. The van der Waals surface area contributed by atoms with E-state index in [-0.39, 0.29) is 0 Å². The molecule has 15 heavy (non-hydrogen) atoms. The van der Waals surface area contributed by atoms with E-state index < -0.39 is 0 Å². The zero-order valence-electron chi connectivity index (χ0n) is 9.62. The fourth-order valence-corrected chi connectivity index (χ4v) is 1.83. The molecule has 0 saturated heterocycles. The zero-order valence-corrected chi connectivity index (χ0v) is 9.62. The summed E-state index contributed by atoms with van der Waals surface area (Å²) in [4.78, 5) is 4.37. The van der Waals surface area contributed by atoms with E-state index in [9.17, 15) is 0 Å². The van der Waals surface area contributed by atoms with Crippen molar-refractivity contribution < 1.29 is 0 Å². The minimum Gasteiger partial charge on any atom is -0.256 e. The molecule has 0 atom stereocenters. The number of aromatic nitrogens is 1. The van der Waals surface area contributed by atoms with Crippen LogP contribution < -0.4 is 0 Å². The first kappa shape index (κ1) is 10.2. The maximum absolute atomic E-state index is 4.37. The minimum atomic E-state index is 0.336. The van der Waals surface area contributed by atoms with Crippen LogP contribution in [0.25, 0.3) is 10.9 Å². The Morgan fingerprint density at radius 3 is 2.67 bits per heavy atom. The highest BCUT2D eigenvalue weighted by molar-refractivity contribution is 5.78. The van der Waals surface area contributed by atoms with Crippen LogP contribution >= 0.6 is 0 Å². The van der Waals surface area contributed by atoms with Crippen molar-refractivity contribution in [3.63, 3.8) is 0 Å². The van der Waals surface area contributed by atoms with E-state index in [0.29, 0.717) is 5.41 Å². The summed E-state index contributed by atoms with van der Waals surface area (Å²) in [6, 6.07) is 10.6. The summed E-state index contributed by atoms with van der Waals surface area (Å²) in [7, 11) is 0. The molecule has 0 aliphatic rings. The lowest BCUT2D eigenvalue weighted by Crippen LogP contribution is -2.08. The van der Waals surface area contributed by atoms with Crippen molar-refractivity contribution in [2.45, 2.75) is 27.2 Å². The highest BCUT2D eigenvalue weighted by Gasteiger charge is 2.11. The smallest absolute Gasteiger partial charge is 0.0704 e. The quantitative estimate of drug-likeness (QED) is 0.680. The van der Waals surface area contributed by atoms with Gasteiger partial charge < -0.3 is 0 Å². The molecule has 2 rings (SSSR count). The maximum Gasteiger partial charge on any atom is 0.0704 e. The molecule has 0 fully saturated rings. The normalized spacial score (nSPS) is 11.9. The molecule has 0 unspecified atom stereocenters. The van der Waals surface area contributed by atoms with Gasteiger partial charge in [0, 0.05) is 11.6 Å². The number of nitrogens with zero attached hydrogens (tertiary/aromatic N) is 1. The van der Waals surface area contributed by atoms with Gasteiger partial charge in [0.15, 0.2) is 0 Å². The molecule has 78 valence electrons. The summed E-state index contributed by atoms with van der Waals surface area (Å²) in [5.74, 6) is 0. The van der Waals surface area contributed by atoms with Gasteiger partial charge in [-0.1, -0.05) is 39.0 Å². The fourth-order valence-electron chi connectivity index (χ4n) is 1.83. The average molecular weight is 199 g/mol. The Kier molecular flexibility index (Phi) is 2.47. The molecular formula is C14H17N. The fraction of sp³-hybridized carbons (Fsp3) is 0.357. The van der Waals surface area contributed by atoms with Crippen LogP contribution in [0.2, 0.25) is 0 Å². The van der Waals surface area contributed by atoms with Crippen molar-refractivity contribution in [2.24, 2.45) is 5.41 Å². The second-order valence-electron chi connectivity index (χ2n) is 5.27. The van der Waals surface area contributed by atoms with Gasteiger partial charge in [-0.15, -0.1) is 0 Å². The third kappa shape index (κ3) is 2.56. The molecule has 0 aliphatic heterocycles. The number of rotatable bonds is 1. The molecule has 0 bridgehead atoms. The molecule has 0 spiro atoms. The van der Waals surface area contributed by atoms with Crippen LogP contribution in [-0.4, -0.2) is 4.98 Å². The largest absolute Gasteiger partial charge is 0.256 e. The molecular weight excluding hydrogens is 182 g/mol. The molecule has 2 aromatic rings. The van der Waals surface area contributed by atoms with Gasteiger partial charge in [-0.05, 0) is 29.5 Å². The molecule has 0 saturated carbocycles. The number of hydrogen-bond acceptors (Lipinski definition) is 1. The maximum atomic E-state index is 4.37. The van der Waals surface area contributed by atoms with Gasteiger partial charge in [0.25, 0.3) is 0 Å². The average Bonchev–Trinajstić information content (AvgIpc) is 2.15. The van der Waals surface area contributed by atoms with E-state index in [2.05, 4.69) is 50.0 Å². The van der Waals surface area contributed by atoms with Crippen molar-refractivity contribution >= 4 is 10.9 Å². The van der Waals surface area contributed by atoms with Crippen molar-refractivity contribution in [1.82, 2.24) is 4.98 Å². The van der Waals surface area contributed by atoms with Gasteiger partial charge in [0.2, 0.25) is 0 Å². The lowest BCUT2D eigenvalue weighted by Gasteiger charge is -2.18. The number of benzene rings is 1. The zero-order chi connectivity index (χ0) is 10.9.